The van der Waals surface area contributed by atoms with Crippen molar-refractivity contribution in [1.82, 2.24) is 20.2 Å². The predicted molar refractivity (Wildman–Crippen MR) is 80.8 cm³/mol. The Bertz CT molecular complexity index is 419. The van der Waals surface area contributed by atoms with Crippen LogP contribution in [0.4, 0.5) is 5.82 Å². The first-order valence-corrected chi connectivity index (χ1v) is 7.87. The van der Waals surface area contributed by atoms with Crippen molar-refractivity contribution in [2.45, 2.75) is 38.8 Å². The molecule has 0 bridgehead atoms. The van der Waals surface area contributed by atoms with Crippen LogP contribution in [0.3, 0.4) is 0 Å². The molecule has 20 heavy (non-hydrogen) atoms. The molecule has 1 N–H and O–H groups in total. The number of piperazine rings is 1. The van der Waals surface area contributed by atoms with Crippen LogP contribution in [0.2, 0.25) is 0 Å². The fourth-order valence-corrected chi connectivity index (χ4v) is 3.22. The summed E-state index contributed by atoms with van der Waals surface area (Å²) in [6, 6.07) is 0.723. The third kappa shape index (κ3) is 3.10. The Labute approximate surface area is 121 Å². The zero-order valence-electron chi connectivity index (χ0n) is 12.4. The largest absolute Gasteiger partial charge is 0.352 e. The molecule has 110 valence electrons. The molecule has 0 amide bonds. The minimum absolute atomic E-state index is 0.723. The summed E-state index contributed by atoms with van der Waals surface area (Å²) in [5, 5.41) is 3.28. The molecule has 3 rings (SSSR count). The van der Waals surface area contributed by atoms with Gasteiger partial charge >= 0.3 is 0 Å². The smallest absolute Gasteiger partial charge is 0.147 e. The lowest BCUT2D eigenvalue weighted by atomic mass is 9.99. The van der Waals surface area contributed by atoms with Crippen LogP contribution in [0.1, 0.15) is 31.9 Å². The number of anilines is 1. The molecule has 0 aromatic carbocycles. The Kier molecular flexibility index (Phi) is 4.47. The average molecular weight is 275 g/mol. The lowest BCUT2D eigenvalue weighted by Crippen LogP contribution is -2.55. The molecule has 5 nitrogen and oxygen atoms in total. The maximum atomic E-state index is 4.60. The Morgan fingerprint density at radius 1 is 1.20 bits per heavy atom. The van der Waals surface area contributed by atoms with Gasteiger partial charge in [-0.1, -0.05) is 13.3 Å². The van der Waals surface area contributed by atoms with Gasteiger partial charge in [-0.25, -0.2) is 4.98 Å². The molecule has 0 saturated carbocycles. The highest BCUT2D eigenvalue weighted by Crippen LogP contribution is 2.23. The van der Waals surface area contributed by atoms with E-state index in [-0.39, 0.29) is 0 Å². The molecule has 2 aliphatic heterocycles. The first-order valence-electron chi connectivity index (χ1n) is 7.87. The summed E-state index contributed by atoms with van der Waals surface area (Å²) in [4.78, 5) is 14.2. The van der Waals surface area contributed by atoms with Gasteiger partial charge in [-0.15, -0.1) is 0 Å². The van der Waals surface area contributed by atoms with E-state index in [1.165, 1.54) is 32.4 Å². The van der Waals surface area contributed by atoms with Crippen LogP contribution < -0.4 is 10.2 Å². The maximum absolute atomic E-state index is 4.60. The number of rotatable bonds is 4. The third-order valence-corrected chi connectivity index (χ3v) is 4.41. The maximum Gasteiger partial charge on any atom is 0.147 e. The predicted octanol–water partition coefficient (Wildman–Crippen LogP) is 1.26. The van der Waals surface area contributed by atoms with E-state index in [0.29, 0.717) is 0 Å². The standard InChI is InChI=1S/C15H25N5/c1-2-16-9-13-10-18-15(11-17-13)20-8-7-19-6-4-3-5-14(19)12-20/h10-11,14,16H,2-9,12H2,1H3. The molecule has 1 aromatic heterocycles. The van der Waals surface area contributed by atoms with Gasteiger partial charge in [0.25, 0.3) is 0 Å². The molecule has 2 fully saturated rings. The molecule has 1 unspecified atom stereocenters. The van der Waals surface area contributed by atoms with E-state index in [1.807, 2.05) is 12.4 Å². The topological polar surface area (TPSA) is 44.3 Å². The molecule has 1 aromatic rings. The van der Waals surface area contributed by atoms with Crippen LogP contribution in [0.25, 0.3) is 0 Å². The average Bonchev–Trinajstić information content (AvgIpc) is 2.53. The van der Waals surface area contributed by atoms with Crippen molar-refractivity contribution in [1.29, 1.82) is 0 Å². The van der Waals surface area contributed by atoms with Crippen LogP contribution in [-0.2, 0) is 6.54 Å². The van der Waals surface area contributed by atoms with Crippen molar-refractivity contribution < 1.29 is 0 Å². The molecule has 3 heterocycles. The molecule has 2 saturated heterocycles. The number of nitrogens with zero attached hydrogens (tertiary/aromatic N) is 4. The van der Waals surface area contributed by atoms with Crippen molar-refractivity contribution in [3.8, 4) is 0 Å². The van der Waals surface area contributed by atoms with Gasteiger partial charge in [0.05, 0.1) is 18.1 Å². The summed E-state index contributed by atoms with van der Waals surface area (Å²) in [5.74, 6) is 1.04. The SMILES string of the molecule is CCNCc1cnc(N2CCN3CCCCC3C2)cn1. The van der Waals surface area contributed by atoms with Crippen molar-refractivity contribution in [2.24, 2.45) is 0 Å². The van der Waals surface area contributed by atoms with Gasteiger partial charge in [0.15, 0.2) is 0 Å². The minimum Gasteiger partial charge on any atom is -0.352 e. The lowest BCUT2D eigenvalue weighted by molar-refractivity contribution is 0.133. The van der Waals surface area contributed by atoms with Crippen LogP contribution in [0.15, 0.2) is 12.4 Å². The van der Waals surface area contributed by atoms with Crippen LogP contribution in [0, 0.1) is 0 Å². The highest BCUT2D eigenvalue weighted by Gasteiger charge is 2.29. The summed E-state index contributed by atoms with van der Waals surface area (Å²) in [7, 11) is 0. The molecule has 0 aliphatic carbocycles. The number of hydrogen-bond acceptors (Lipinski definition) is 5. The van der Waals surface area contributed by atoms with E-state index < -0.39 is 0 Å². The second kappa shape index (κ2) is 6.50. The van der Waals surface area contributed by atoms with Gasteiger partial charge in [-0.2, -0.15) is 0 Å². The van der Waals surface area contributed by atoms with Crippen LogP contribution in [-0.4, -0.2) is 53.6 Å². The van der Waals surface area contributed by atoms with Crippen molar-refractivity contribution in [2.75, 3.05) is 37.6 Å². The zero-order valence-corrected chi connectivity index (χ0v) is 12.4. The van der Waals surface area contributed by atoms with Crippen molar-refractivity contribution in [3.05, 3.63) is 18.1 Å². The van der Waals surface area contributed by atoms with Crippen LogP contribution >= 0.6 is 0 Å². The first-order chi connectivity index (χ1) is 9.86. The Balaban J connectivity index is 1.61. The minimum atomic E-state index is 0.723. The quantitative estimate of drug-likeness (QED) is 0.896. The molecular formula is C15H25N5. The number of piperidine rings is 1. The summed E-state index contributed by atoms with van der Waals surface area (Å²) in [6.45, 7) is 8.52. The summed E-state index contributed by atoms with van der Waals surface area (Å²) in [5.41, 5.74) is 1.02. The van der Waals surface area contributed by atoms with Gasteiger partial charge in [-0.05, 0) is 25.9 Å². The summed E-state index contributed by atoms with van der Waals surface area (Å²) < 4.78 is 0. The molecular weight excluding hydrogens is 250 g/mol. The van der Waals surface area contributed by atoms with Crippen LogP contribution in [0.5, 0.6) is 0 Å². The first kappa shape index (κ1) is 13.8. The Morgan fingerprint density at radius 2 is 2.15 bits per heavy atom. The second-order valence-electron chi connectivity index (χ2n) is 5.78. The fraction of sp³-hybridized carbons (Fsp3) is 0.733. The lowest BCUT2D eigenvalue weighted by Gasteiger charge is -2.44. The van der Waals surface area contributed by atoms with Gasteiger partial charge in [0, 0.05) is 32.2 Å². The fourth-order valence-electron chi connectivity index (χ4n) is 3.22. The molecule has 0 radical (unpaired) electrons. The Hall–Kier alpha value is -1.20. The van der Waals surface area contributed by atoms with Crippen molar-refractivity contribution in [3.63, 3.8) is 0 Å². The molecule has 0 spiro atoms. The number of hydrogen-bond donors (Lipinski definition) is 1. The molecule has 1 atom stereocenters. The van der Waals surface area contributed by atoms with E-state index in [2.05, 4.69) is 32.0 Å². The molecule has 5 heteroatoms. The van der Waals surface area contributed by atoms with E-state index in [4.69, 9.17) is 0 Å². The second-order valence-corrected chi connectivity index (χ2v) is 5.78. The monoisotopic (exact) mass is 275 g/mol. The highest BCUT2D eigenvalue weighted by molar-refractivity contribution is 5.37. The normalized spacial score (nSPS) is 23.6. The van der Waals surface area contributed by atoms with E-state index in [9.17, 15) is 0 Å². The number of aromatic nitrogens is 2. The van der Waals surface area contributed by atoms with Gasteiger partial charge in [0.1, 0.15) is 5.82 Å². The number of fused-ring (bicyclic) bond motifs is 1. The van der Waals surface area contributed by atoms with Gasteiger partial charge in [0.2, 0.25) is 0 Å². The highest BCUT2D eigenvalue weighted by atomic mass is 15.3. The molecule has 2 aliphatic rings. The van der Waals surface area contributed by atoms with Crippen molar-refractivity contribution >= 4 is 5.82 Å². The van der Waals surface area contributed by atoms with Gasteiger partial charge in [-0.3, -0.25) is 9.88 Å². The number of nitrogens with one attached hydrogen (secondary N) is 1. The zero-order chi connectivity index (χ0) is 13.8. The Morgan fingerprint density at radius 3 is 2.95 bits per heavy atom. The summed E-state index contributed by atoms with van der Waals surface area (Å²) >= 11 is 0. The van der Waals surface area contributed by atoms with E-state index >= 15 is 0 Å². The van der Waals surface area contributed by atoms with Gasteiger partial charge < -0.3 is 10.2 Å². The summed E-state index contributed by atoms with van der Waals surface area (Å²) in [6.07, 6.45) is 7.93. The van der Waals surface area contributed by atoms with E-state index in [0.717, 1.165) is 43.7 Å². The van der Waals surface area contributed by atoms with E-state index in [1.54, 1.807) is 0 Å². The third-order valence-electron chi connectivity index (χ3n) is 4.41.